The van der Waals surface area contributed by atoms with Crippen molar-refractivity contribution in [2.75, 3.05) is 4.90 Å². The van der Waals surface area contributed by atoms with Crippen molar-refractivity contribution in [1.82, 2.24) is 0 Å². The number of carbonyl (C=O) groups is 2. The largest absolute Gasteiger partial charge is 0.274 e. The number of nitrogens with zero attached hydrogens (tertiary/aromatic N) is 1. The topological polar surface area (TPSA) is 37.4 Å². The summed E-state index contributed by atoms with van der Waals surface area (Å²) >= 11 is 0. The maximum absolute atomic E-state index is 12.9. The summed E-state index contributed by atoms with van der Waals surface area (Å²) in [5.41, 5.74) is 1.09. The maximum atomic E-state index is 12.9. The fourth-order valence-electron chi connectivity index (χ4n) is 3.83. The van der Waals surface area contributed by atoms with Crippen LogP contribution in [-0.4, -0.2) is 11.8 Å². The van der Waals surface area contributed by atoms with Crippen molar-refractivity contribution in [3.05, 3.63) is 29.8 Å². The van der Waals surface area contributed by atoms with Gasteiger partial charge in [-0.15, -0.1) is 0 Å². The lowest BCUT2D eigenvalue weighted by Gasteiger charge is -2.47. The highest BCUT2D eigenvalue weighted by Gasteiger charge is 2.64. The molecule has 2 fully saturated rings. The predicted octanol–water partition coefficient (Wildman–Crippen LogP) is 3.31. The molecule has 20 heavy (non-hydrogen) atoms. The van der Waals surface area contributed by atoms with E-state index in [2.05, 4.69) is 13.8 Å². The van der Waals surface area contributed by atoms with E-state index < -0.39 is 5.41 Å². The number of rotatable bonds is 1. The van der Waals surface area contributed by atoms with E-state index >= 15 is 0 Å². The summed E-state index contributed by atoms with van der Waals surface area (Å²) < 4.78 is 0. The molecule has 1 saturated heterocycles. The first-order chi connectivity index (χ1) is 9.29. The van der Waals surface area contributed by atoms with Gasteiger partial charge < -0.3 is 0 Å². The van der Waals surface area contributed by atoms with Crippen molar-refractivity contribution in [2.24, 2.45) is 16.7 Å². The van der Waals surface area contributed by atoms with E-state index in [1.165, 1.54) is 4.90 Å². The average molecular weight is 271 g/mol. The van der Waals surface area contributed by atoms with Crippen LogP contribution in [0.5, 0.6) is 0 Å². The third-order valence-electron chi connectivity index (χ3n) is 5.68. The Kier molecular flexibility index (Phi) is 2.63. The van der Waals surface area contributed by atoms with Gasteiger partial charge in [0.2, 0.25) is 11.8 Å². The zero-order chi connectivity index (χ0) is 14.7. The van der Waals surface area contributed by atoms with Gasteiger partial charge >= 0.3 is 0 Å². The van der Waals surface area contributed by atoms with Gasteiger partial charge in [0.05, 0.1) is 11.1 Å². The highest BCUT2D eigenvalue weighted by atomic mass is 16.2. The number of benzene rings is 1. The Bertz CT molecular complexity index is 605. The van der Waals surface area contributed by atoms with Crippen LogP contribution in [0.25, 0.3) is 0 Å². The normalized spacial score (nSPS) is 31.8. The molecule has 1 saturated carbocycles. The molecule has 0 N–H and O–H groups in total. The molecule has 1 aromatic carbocycles. The summed E-state index contributed by atoms with van der Waals surface area (Å²) in [6.45, 7) is 8.12. The number of piperidine rings is 1. The third-order valence-corrected chi connectivity index (χ3v) is 5.68. The van der Waals surface area contributed by atoms with Crippen LogP contribution in [0.3, 0.4) is 0 Å². The second-order valence-corrected chi connectivity index (χ2v) is 6.96. The predicted molar refractivity (Wildman–Crippen MR) is 78.3 cm³/mol. The summed E-state index contributed by atoms with van der Waals surface area (Å²) in [5.74, 6) is -0.113. The van der Waals surface area contributed by atoms with Crippen molar-refractivity contribution < 1.29 is 9.59 Å². The summed E-state index contributed by atoms with van der Waals surface area (Å²) in [7, 11) is 0. The van der Waals surface area contributed by atoms with Crippen molar-refractivity contribution >= 4 is 17.5 Å². The minimum Gasteiger partial charge on any atom is -0.274 e. The third kappa shape index (κ3) is 1.46. The number of anilines is 1. The Morgan fingerprint density at radius 2 is 1.90 bits per heavy atom. The lowest BCUT2D eigenvalue weighted by molar-refractivity contribution is -0.146. The highest BCUT2D eigenvalue weighted by molar-refractivity contribution is 6.20. The molecule has 3 heteroatoms. The first-order valence-electron chi connectivity index (χ1n) is 7.24. The molecule has 1 aromatic rings. The Labute approximate surface area is 120 Å². The van der Waals surface area contributed by atoms with Crippen molar-refractivity contribution in [1.29, 1.82) is 0 Å². The molecule has 3 rings (SSSR count). The molecule has 3 nitrogen and oxygen atoms in total. The fraction of sp³-hybridized carbons (Fsp3) is 0.529. The first-order valence-corrected chi connectivity index (χ1v) is 7.24. The summed E-state index contributed by atoms with van der Waals surface area (Å²) in [6.07, 6.45) is 1.62. The molecular formula is C17H21NO2. The number of hydrogen-bond donors (Lipinski definition) is 0. The molecule has 1 aliphatic carbocycles. The Balaban J connectivity index is 2.12. The van der Waals surface area contributed by atoms with E-state index in [0.717, 1.165) is 18.4 Å². The van der Waals surface area contributed by atoms with E-state index in [-0.39, 0.29) is 23.1 Å². The molecule has 0 unspecified atom stereocenters. The van der Waals surface area contributed by atoms with Crippen LogP contribution in [0.2, 0.25) is 0 Å². The molecular weight excluding hydrogens is 250 g/mol. The second kappa shape index (κ2) is 3.94. The first kappa shape index (κ1) is 13.3. The van der Waals surface area contributed by atoms with Crippen LogP contribution in [0.15, 0.2) is 24.3 Å². The average Bonchev–Trinajstić information content (AvgIpc) is 2.54. The fourth-order valence-corrected chi connectivity index (χ4v) is 3.83. The van der Waals surface area contributed by atoms with E-state index in [9.17, 15) is 9.59 Å². The molecule has 0 aromatic heterocycles. The summed E-state index contributed by atoms with van der Waals surface area (Å²) in [5, 5.41) is 0. The monoisotopic (exact) mass is 271 g/mol. The maximum Gasteiger partial charge on any atom is 0.240 e. The van der Waals surface area contributed by atoms with Crippen molar-refractivity contribution in [3.63, 3.8) is 0 Å². The second-order valence-electron chi connectivity index (χ2n) is 6.96. The van der Waals surface area contributed by atoms with Crippen LogP contribution in [-0.2, 0) is 9.59 Å². The number of imide groups is 1. The Morgan fingerprint density at radius 3 is 2.55 bits per heavy atom. The van der Waals surface area contributed by atoms with Gasteiger partial charge in [-0.2, -0.15) is 0 Å². The molecule has 1 heterocycles. The quantitative estimate of drug-likeness (QED) is 0.735. The minimum absolute atomic E-state index is 0.0272. The van der Waals surface area contributed by atoms with Gasteiger partial charge in [-0.1, -0.05) is 32.9 Å². The SMILES string of the molecule is Cc1cccc(N2C(=O)[C@H]3CC[C@@](C)(C2=O)C3(C)C)c1. The van der Waals surface area contributed by atoms with Crippen molar-refractivity contribution in [3.8, 4) is 0 Å². The van der Waals surface area contributed by atoms with Crippen molar-refractivity contribution in [2.45, 2.75) is 40.5 Å². The van der Waals surface area contributed by atoms with Gasteiger partial charge in [0.25, 0.3) is 0 Å². The molecule has 0 spiro atoms. The molecule has 2 atom stereocenters. The van der Waals surface area contributed by atoms with Crippen LogP contribution >= 0.6 is 0 Å². The Morgan fingerprint density at radius 1 is 1.20 bits per heavy atom. The van der Waals surface area contributed by atoms with Gasteiger partial charge in [0.15, 0.2) is 0 Å². The van der Waals surface area contributed by atoms with Gasteiger partial charge in [-0.05, 0) is 42.9 Å². The molecule has 106 valence electrons. The standard InChI is InChI=1S/C17H21NO2/c1-11-6-5-7-12(10-11)18-14(19)13-8-9-17(4,15(18)20)16(13,2)3/h5-7,10,13H,8-9H2,1-4H3/t13-,17+/m1/s1. The van der Waals surface area contributed by atoms with E-state index in [0.29, 0.717) is 5.69 Å². The van der Waals surface area contributed by atoms with Crippen LogP contribution in [0, 0.1) is 23.7 Å². The molecule has 2 bridgehead atoms. The van der Waals surface area contributed by atoms with Gasteiger partial charge in [0.1, 0.15) is 0 Å². The molecule has 2 amide bonds. The number of carbonyl (C=O) groups excluding carboxylic acids is 2. The lowest BCUT2D eigenvalue weighted by atomic mass is 9.62. The van der Waals surface area contributed by atoms with Gasteiger partial charge in [-0.25, -0.2) is 4.90 Å². The van der Waals surface area contributed by atoms with Gasteiger partial charge in [0, 0.05) is 5.92 Å². The zero-order valence-electron chi connectivity index (χ0n) is 12.6. The summed E-state index contributed by atoms with van der Waals surface area (Å²) in [6, 6.07) is 7.64. The zero-order valence-corrected chi connectivity index (χ0v) is 12.6. The summed E-state index contributed by atoms with van der Waals surface area (Å²) in [4.78, 5) is 27.1. The minimum atomic E-state index is -0.435. The molecule has 2 aliphatic rings. The lowest BCUT2D eigenvalue weighted by Crippen LogP contribution is -2.59. The van der Waals surface area contributed by atoms with E-state index in [1.54, 1.807) is 0 Å². The smallest absolute Gasteiger partial charge is 0.240 e. The van der Waals surface area contributed by atoms with Gasteiger partial charge in [-0.3, -0.25) is 9.59 Å². The molecule has 1 aliphatic heterocycles. The van der Waals surface area contributed by atoms with Crippen LogP contribution in [0.1, 0.15) is 39.2 Å². The van der Waals surface area contributed by atoms with E-state index in [1.807, 2.05) is 38.1 Å². The number of amides is 2. The van der Waals surface area contributed by atoms with Crippen LogP contribution in [0.4, 0.5) is 5.69 Å². The Hall–Kier alpha value is -1.64. The number of aryl methyl sites for hydroxylation is 1. The number of hydrogen-bond acceptors (Lipinski definition) is 2. The highest BCUT2D eigenvalue weighted by Crippen LogP contribution is 2.60. The number of fused-ring (bicyclic) bond motifs is 2. The van der Waals surface area contributed by atoms with Crippen LogP contribution < -0.4 is 4.90 Å². The molecule has 0 radical (unpaired) electrons. The van der Waals surface area contributed by atoms with E-state index in [4.69, 9.17) is 0 Å².